The van der Waals surface area contributed by atoms with Crippen LogP contribution in [-0.4, -0.2) is 42.8 Å². The van der Waals surface area contributed by atoms with E-state index < -0.39 is 23.8 Å². The number of halogens is 2. The summed E-state index contributed by atoms with van der Waals surface area (Å²) in [5, 5.41) is 9.12. The molecule has 2 heterocycles. The summed E-state index contributed by atoms with van der Waals surface area (Å²) in [6.45, 7) is 3.02. The first-order valence-electron chi connectivity index (χ1n) is 10.2. The number of carbonyl (C=O) groups is 1. The summed E-state index contributed by atoms with van der Waals surface area (Å²) < 4.78 is 45.6. The molecule has 0 aromatic heterocycles. The van der Waals surface area contributed by atoms with Crippen LogP contribution in [0.15, 0.2) is 36.4 Å². The maximum atomic E-state index is 14.6. The molecule has 0 saturated carbocycles. The van der Waals surface area contributed by atoms with Gasteiger partial charge in [-0.25, -0.2) is 8.78 Å². The number of β-lactam (4-membered cyclic amide) rings is 1. The van der Waals surface area contributed by atoms with Gasteiger partial charge in [0.15, 0.2) is 11.5 Å². The average Bonchev–Trinajstić information content (AvgIpc) is 3.29. The smallest absolute Gasteiger partial charge is 0.266 e. The third-order valence-electron chi connectivity index (χ3n) is 5.48. The van der Waals surface area contributed by atoms with E-state index in [1.807, 2.05) is 6.07 Å². The molecule has 2 saturated heterocycles. The Morgan fingerprint density at radius 3 is 2.77 bits per heavy atom. The van der Waals surface area contributed by atoms with Gasteiger partial charge in [-0.05, 0) is 50.1 Å². The van der Waals surface area contributed by atoms with E-state index in [0.29, 0.717) is 24.5 Å². The van der Waals surface area contributed by atoms with Crippen molar-refractivity contribution in [1.82, 2.24) is 4.90 Å². The molecule has 4 rings (SSSR count). The number of amides is 1. The van der Waals surface area contributed by atoms with E-state index >= 15 is 0 Å². The maximum absolute atomic E-state index is 14.6. The van der Waals surface area contributed by atoms with Crippen LogP contribution in [0.2, 0.25) is 0 Å². The van der Waals surface area contributed by atoms with Crippen molar-refractivity contribution in [1.29, 1.82) is 5.26 Å². The lowest BCUT2D eigenvalue weighted by atomic mass is 9.89. The molecule has 2 fully saturated rings. The van der Waals surface area contributed by atoms with Gasteiger partial charge in [0.2, 0.25) is 6.10 Å². The van der Waals surface area contributed by atoms with E-state index in [2.05, 4.69) is 0 Å². The minimum Gasteiger partial charge on any atom is -0.490 e. The highest BCUT2D eigenvalue weighted by Gasteiger charge is 2.52. The van der Waals surface area contributed by atoms with Gasteiger partial charge in [-0.15, -0.1) is 0 Å². The molecule has 1 amide bonds. The third kappa shape index (κ3) is 4.19. The third-order valence-corrected chi connectivity index (χ3v) is 5.48. The normalized spacial score (nSPS) is 22.7. The summed E-state index contributed by atoms with van der Waals surface area (Å²) in [6.07, 6.45) is 0.509. The van der Waals surface area contributed by atoms with Crippen molar-refractivity contribution in [2.45, 2.75) is 38.0 Å². The van der Waals surface area contributed by atoms with Gasteiger partial charge < -0.3 is 19.1 Å². The van der Waals surface area contributed by atoms with E-state index in [1.165, 1.54) is 11.0 Å². The molecule has 31 heavy (non-hydrogen) atoms. The van der Waals surface area contributed by atoms with Gasteiger partial charge in [0, 0.05) is 24.8 Å². The van der Waals surface area contributed by atoms with Gasteiger partial charge in [0.25, 0.3) is 5.91 Å². The van der Waals surface area contributed by atoms with Crippen molar-refractivity contribution in [2.75, 3.05) is 19.8 Å². The number of hydrogen-bond acceptors (Lipinski definition) is 5. The van der Waals surface area contributed by atoms with Crippen LogP contribution in [0.4, 0.5) is 8.78 Å². The molecular weight excluding hydrogens is 406 g/mol. The van der Waals surface area contributed by atoms with Crippen LogP contribution < -0.4 is 9.47 Å². The molecule has 0 unspecified atom stereocenters. The Bertz CT molecular complexity index is 1020. The molecule has 0 bridgehead atoms. The Labute approximate surface area is 178 Å². The van der Waals surface area contributed by atoms with Crippen LogP contribution in [0.25, 0.3) is 0 Å². The van der Waals surface area contributed by atoms with Crippen molar-refractivity contribution in [3.8, 4) is 17.6 Å². The van der Waals surface area contributed by atoms with E-state index in [-0.39, 0.29) is 29.9 Å². The molecule has 162 valence electrons. The predicted octanol–water partition coefficient (Wildman–Crippen LogP) is 3.75. The maximum Gasteiger partial charge on any atom is 0.266 e. The second-order valence-electron chi connectivity index (χ2n) is 7.48. The van der Waals surface area contributed by atoms with Crippen molar-refractivity contribution in [3.05, 3.63) is 59.2 Å². The molecule has 2 aromatic rings. The highest BCUT2D eigenvalue weighted by atomic mass is 19.1. The first-order valence-corrected chi connectivity index (χ1v) is 10.2. The van der Waals surface area contributed by atoms with Crippen LogP contribution in [0.5, 0.6) is 11.5 Å². The fourth-order valence-electron chi connectivity index (χ4n) is 4.00. The van der Waals surface area contributed by atoms with E-state index in [9.17, 15) is 13.6 Å². The summed E-state index contributed by atoms with van der Waals surface area (Å²) in [7, 11) is 0. The standard InChI is InChI=1S/C23H22F2N2O4/c1-2-29-20-10-14(12-26)5-8-19(20)31-22-21(17-11-15(24)6-7-18(17)25)27(23(22)28)13-16-4-3-9-30-16/h5-8,10-11,16,21-22H,2-4,9,13H2,1H3/t16-,21+,22+/m1/s1. The van der Waals surface area contributed by atoms with Gasteiger partial charge in [-0.2, -0.15) is 5.26 Å². The molecule has 6 nitrogen and oxygen atoms in total. The van der Waals surface area contributed by atoms with Crippen LogP contribution >= 0.6 is 0 Å². The summed E-state index contributed by atoms with van der Waals surface area (Å²) in [5.74, 6) is -0.978. The number of likely N-dealkylation sites (tertiary alicyclic amines) is 1. The average molecular weight is 428 g/mol. The minimum absolute atomic E-state index is 0.0502. The summed E-state index contributed by atoms with van der Waals surface area (Å²) in [4.78, 5) is 14.4. The zero-order chi connectivity index (χ0) is 22.0. The second-order valence-corrected chi connectivity index (χ2v) is 7.48. The molecule has 0 N–H and O–H groups in total. The largest absolute Gasteiger partial charge is 0.490 e. The van der Waals surface area contributed by atoms with Gasteiger partial charge in [0.05, 0.1) is 24.3 Å². The number of ether oxygens (including phenoxy) is 3. The van der Waals surface area contributed by atoms with Gasteiger partial charge >= 0.3 is 0 Å². The molecule has 2 aliphatic heterocycles. The number of nitriles is 1. The van der Waals surface area contributed by atoms with Crippen LogP contribution in [-0.2, 0) is 9.53 Å². The van der Waals surface area contributed by atoms with Gasteiger partial charge in [0.1, 0.15) is 17.7 Å². The van der Waals surface area contributed by atoms with Crippen molar-refractivity contribution in [2.24, 2.45) is 0 Å². The Hall–Kier alpha value is -3.18. The van der Waals surface area contributed by atoms with E-state index in [0.717, 1.165) is 31.0 Å². The fourth-order valence-corrected chi connectivity index (χ4v) is 4.00. The van der Waals surface area contributed by atoms with Crippen LogP contribution in [0.1, 0.15) is 36.9 Å². The Morgan fingerprint density at radius 1 is 1.23 bits per heavy atom. The van der Waals surface area contributed by atoms with Crippen LogP contribution in [0, 0.1) is 23.0 Å². The monoisotopic (exact) mass is 428 g/mol. The van der Waals surface area contributed by atoms with Crippen molar-refractivity contribution >= 4 is 5.91 Å². The van der Waals surface area contributed by atoms with Crippen LogP contribution in [0.3, 0.4) is 0 Å². The van der Waals surface area contributed by atoms with Crippen molar-refractivity contribution < 1.29 is 27.8 Å². The molecular formula is C23H22F2N2O4. The lowest BCUT2D eigenvalue weighted by Gasteiger charge is -2.47. The molecule has 3 atom stereocenters. The van der Waals surface area contributed by atoms with Gasteiger partial charge in [-0.3, -0.25) is 4.79 Å². The first-order chi connectivity index (χ1) is 15.0. The minimum atomic E-state index is -1.05. The summed E-state index contributed by atoms with van der Waals surface area (Å²) in [6, 6.07) is 8.99. The zero-order valence-corrected chi connectivity index (χ0v) is 17.0. The van der Waals surface area contributed by atoms with E-state index in [1.54, 1.807) is 19.1 Å². The Balaban J connectivity index is 1.65. The molecule has 0 aliphatic carbocycles. The highest BCUT2D eigenvalue weighted by molar-refractivity contribution is 5.89. The number of rotatable bonds is 7. The molecule has 8 heteroatoms. The van der Waals surface area contributed by atoms with Gasteiger partial charge in [-0.1, -0.05) is 0 Å². The summed E-state index contributed by atoms with van der Waals surface area (Å²) in [5.41, 5.74) is 0.428. The first kappa shape index (κ1) is 21.1. The lowest BCUT2D eigenvalue weighted by Crippen LogP contribution is -2.62. The fraction of sp³-hybridized carbons (Fsp3) is 0.391. The quantitative estimate of drug-likeness (QED) is 0.629. The predicted molar refractivity (Wildman–Crippen MR) is 107 cm³/mol. The topological polar surface area (TPSA) is 71.8 Å². The Morgan fingerprint density at radius 2 is 2.06 bits per heavy atom. The Kier molecular flexibility index (Phi) is 6.05. The SMILES string of the molecule is CCOc1cc(C#N)ccc1O[C@@H]1C(=O)N(C[C@H]2CCCO2)[C@H]1c1cc(F)ccc1F. The molecule has 2 aliphatic rings. The van der Waals surface area contributed by atoms with Crippen molar-refractivity contribution in [3.63, 3.8) is 0 Å². The summed E-state index contributed by atoms with van der Waals surface area (Å²) >= 11 is 0. The number of carbonyl (C=O) groups excluding carboxylic acids is 1. The highest BCUT2D eigenvalue weighted by Crippen LogP contribution is 2.41. The zero-order valence-electron chi connectivity index (χ0n) is 17.0. The molecule has 2 aromatic carbocycles. The lowest BCUT2D eigenvalue weighted by molar-refractivity contribution is -0.167. The van der Waals surface area contributed by atoms with E-state index in [4.69, 9.17) is 19.5 Å². The molecule has 0 radical (unpaired) electrons. The second kappa shape index (κ2) is 8.90. The number of benzene rings is 2. The number of nitrogens with zero attached hydrogens (tertiary/aromatic N) is 2. The number of hydrogen-bond donors (Lipinski definition) is 0. The molecule has 0 spiro atoms.